The number of carbonyl (C=O) groups excluding carboxylic acids is 2. The van der Waals surface area contributed by atoms with Gasteiger partial charge in [0.15, 0.2) is 0 Å². The minimum absolute atomic E-state index is 0.0196. The zero-order valence-corrected chi connectivity index (χ0v) is 16.6. The van der Waals surface area contributed by atoms with Crippen molar-refractivity contribution in [3.63, 3.8) is 0 Å². The van der Waals surface area contributed by atoms with Gasteiger partial charge in [0.2, 0.25) is 11.8 Å². The molecule has 0 unspecified atom stereocenters. The molecule has 0 aliphatic carbocycles. The van der Waals surface area contributed by atoms with Crippen LogP contribution >= 0.6 is 0 Å². The molecule has 1 saturated heterocycles. The fraction of sp³-hybridized carbons (Fsp3) is 0.500. The van der Waals surface area contributed by atoms with Gasteiger partial charge in [0.05, 0.1) is 25.1 Å². The maximum absolute atomic E-state index is 12.9. The van der Waals surface area contributed by atoms with Crippen LogP contribution in [0.2, 0.25) is 0 Å². The summed E-state index contributed by atoms with van der Waals surface area (Å²) in [6.45, 7) is 5.61. The predicted octanol–water partition coefficient (Wildman–Crippen LogP) is 1.25. The number of hydrogen-bond acceptors (Lipinski definition) is 5. The number of rotatable bonds is 8. The first-order valence-electron chi connectivity index (χ1n) is 9.50. The van der Waals surface area contributed by atoms with E-state index in [0.717, 1.165) is 11.4 Å². The molecule has 2 heterocycles. The van der Waals surface area contributed by atoms with Crippen LogP contribution in [0.15, 0.2) is 30.3 Å². The Morgan fingerprint density at radius 2 is 2.00 bits per heavy atom. The van der Waals surface area contributed by atoms with Crippen molar-refractivity contribution in [3.8, 4) is 0 Å². The number of hydrogen-bond donors (Lipinski definition) is 1. The molecule has 1 aliphatic rings. The van der Waals surface area contributed by atoms with Gasteiger partial charge < -0.3 is 15.0 Å². The maximum Gasteiger partial charge on any atom is 0.226 e. The molecule has 1 fully saturated rings. The van der Waals surface area contributed by atoms with Crippen LogP contribution in [0.3, 0.4) is 0 Å². The summed E-state index contributed by atoms with van der Waals surface area (Å²) in [5.74, 6) is 0.967. The van der Waals surface area contributed by atoms with Gasteiger partial charge in [0, 0.05) is 26.6 Å². The number of carbonyl (C=O) groups is 2. The number of benzene rings is 1. The Kier molecular flexibility index (Phi) is 6.41. The Morgan fingerprint density at radius 3 is 2.64 bits per heavy atom. The van der Waals surface area contributed by atoms with Crippen molar-refractivity contribution in [1.29, 1.82) is 0 Å². The molecule has 0 bridgehead atoms. The van der Waals surface area contributed by atoms with Crippen molar-refractivity contribution in [2.24, 2.45) is 5.92 Å². The molecule has 1 aliphatic heterocycles. The largest absolute Gasteiger partial charge is 0.383 e. The zero-order chi connectivity index (χ0) is 20.1. The van der Waals surface area contributed by atoms with E-state index in [0.29, 0.717) is 32.1 Å². The maximum atomic E-state index is 12.9. The highest BCUT2D eigenvalue weighted by Gasteiger charge is 2.44. The molecule has 1 N–H and O–H groups in total. The number of nitrogens with zero attached hydrogens (tertiary/aromatic N) is 4. The SMILES string of the molecule is COCCN1C(=O)C[C@@H](C(=O)NCCn2nc(C)nc2C)[C@@H]1c1ccccc1. The lowest BCUT2D eigenvalue weighted by molar-refractivity contribution is -0.129. The minimum atomic E-state index is -0.426. The molecular weight excluding hydrogens is 358 g/mol. The number of methoxy groups -OCH3 is 1. The summed E-state index contributed by atoms with van der Waals surface area (Å²) in [5, 5.41) is 7.27. The minimum Gasteiger partial charge on any atom is -0.383 e. The van der Waals surface area contributed by atoms with Gasteiger partial charge in [0.1, 0.15) is 11.6 Å². The van der Waals surface area contributed by atoms with E-state index < -0.39 is 5.92 Å². The van der Waals surface area contributed by atoms with Crippen LogP contribution < -0.4 is 5.32 Å². The number of nitrogens with one attached hydrogen (secondary N) is 1. The average Bonchev–Trinajstić information content (AvgIpc) is 3.19. The quantitative estimate of drug-likeness (QED) is 0.739. The highest BCUT2D eigenvalue weighted by atomic mass is 16.5. The Balaban J connectivity index is 1.70. The summed E-state index contributed by atoms with van der Waals surface area (Å²) in [7, 11) is 1.61. The Morgan fingerprint density at radius 1 is 1.25 bits per heavy atom. The van der Waals surface area contributed by atoms with Crippen molar-refractivity contribution in [2.75, 3.05) is 26.8 Å². The van der Waals surface area contributed by atoms with Gasteiger partial charge in [-0.25, -0.2) is 9.67 Å². The fourth-order valence-corrected chi connectivity index (χ4v) is 3.73. The topological polar surface area (TPSA) is 89.4 Å². The van der Waals surface area contributed by atoms with Crippen molar-refractivity contribution >= 4 is 11.8 Å². The standard InChI is InChI=1S/C20H27N5O3/c1-14-22-15(2)25(23-14)10-9-21-20(27)17-13-18(26)24(11-12-28-3)19(17)16-7-5-4-6-8-16/h4-8,17,19H,9-13H2,1-3H3,(H,21,27)/t17-,19+/m1/s1. The van der Waals surface area contributed by atoms with Gasteiger partial charge in [-0.3, -0.25) is 9.59 Å². The highest BCUT2D eigenvalue weighted by molar-refractivity contribution is 5.90. The number of aryl methyl sites for hydroxylation is 2. The van der Waals surface area contributed by atoms with Crippen molar-refractivity contribution in [1.82, 2.24) is 25.0 Å². The molecule has 8 nitrogen and oxygen atoms in total. The van der Waals surface area contributed by atoms with E-state index in [4.69, 9.17) is 4.74 Å². The van der Waals surface area contributed by atoms with E-state index in [1.165, 1.54) is 0 Å². The summed E-state index contributed by atoms with van der Waals surface area (Å²) in [6, 6.07) is 9.43. The molecule has 1 aromatic heterocycles. The Labute approximate surface area is 164 Å². The number of aromatic nitrogens is 3. The number of amides is 2. The lowest BCUT2D eigenvalue weighted by atomic mass is 9.93. The second kappa shape index (κ2) is 8.97. The van der Waals surface area contributed by atoms with Crippen LogP contribution in [0, 0.1) is 19.8 Å². The van der Waals surface area contributed by atoms with Gasteiger partial charge >= 0.3 is 0 Å². The van der Waals surface area contributed by atoms with E-state index in [2.05, 4.69) is 15.4 Å². The van der Waals surface area contributed by atoms with E-state index in [1.807, 2.05) is 44.2 Å². The third-order valence-electron chi connectivity index (χ3n) is 5.03. The normalized spacial score (nSPS) is 19.2. The van der Waals surface area contributed by atoms with E-state index in [1.54, 1.807) is 16.7 Å². The molecule has 1 aromatic carbocycles. The number of likely N-dealkylation sites (tertiary alicyclic amines) is 1. The van der Waals surface area contributed by atoms with Crippen LogP contribution in [0.1, 0.15) is 29.7 Å². The molecule has 2 atom stereocenters. The average molecular weight is 385 g/mol. The highest BCUT2D eigenvalue weighted by Crippen LogP contribution is 2.38. The van der Waals surface area contributed by atoms with Crippen LogP contribution in [0.25, 0.3) is 0 Å². The van der Waals surface area contributed by atoms with E-state index in [9.17, 15) is 9.59 Å². The zero-order valence-electron chi connectivity index (χ0n) is 16.6. The smallest absolute Gasteiger partial charge is 0.226 e. The molecule has 150 valence electrons. The van der Waals surface area contributed by atoms with E-state index >= 15 is 0 Å². The van der Waals surface area contributed by atoms with Crippen LogP contribution in [0.5, 0.6) is 0 Å². The molecule has 28 heavy (non-hydrogen) atoms. The van der Waals surface area contributed by atoms with Gasteiger partial charge in [-0.1, -0.05) is 30.3 Å². The van der Waals surface area contributed by atoms with E-state index in [-0.39, 0.29) is 24.3 Å². The summed E-state index contributed by atoms with van der Waals surface area (Å²) >= 11 is 0. The summed E-state index contributed by atoms with van der Waals surface area (Å²) in [5.41, 5.74) is 0.965. The molecule has 0 saturated carbocycles. The Bertz CT molecular complexity index is 821. The molecule has 0 spiro atoms. The lowest BCUT2D eigenvalue weighted by Crippen LogP contribution is -2.38. The van der Waals surface area contributed by atoms with Gasteiger partial charge in [0.25, 0.3) is 0 Å². The molecule has 8 heteroatoms. The van der Waals surface area contributed by atoms with Gasteiger partial charge in [-0.15, -0.1) is 0 Å². The summed E-state index contributed by atoms with van der Waals surface area (Å²) < 4.78 is 6.92. The van der Waals surface area contributed by atoms with Crippen molar-refractivity contribution in [3.05, 3.63) is 47.5 Å². The number of ether oxygens (including phenoxy) is 1. The second-order valence-electron chi connectivity index (χ2n) is 6.97. The lowest BCUT2D eigenvalue weighted by Gasteiger charge is -2.28. The summed E-state index contributed by atoms with van der Waals surface area (Å²) in [6.07, 6.45) is 0.205. The van der Waals surface area contributed by atoms with Crippen LogP contribution in [-0.2, 0) is 20.9 Å². The molecule has 2 aromatic rings. The molecule has 3 rings (SSSR count). The second-order valence-corrected chi connectivity index (χ2v) is 6.97. The Hall–Kier alpha value is -2.74. The van der Waals surface area contributed by atoms with Gasteiger partial charge in [-0.05, 0) is 19.4 Å². The first kappa shape index (κ1) is 20.0. The molecule has 0 radical (unpaired) electrons. The van der Waals surface area contributed by atoms with Crippen molar-refractivity contribution in [2.45, 2.75) is 32.9 Å². The van der Waals surface area contributed by atoms with Crippen molar-refractivity contribution < 1.29 is 14.3 Å². The molecule has 2 amide bonds. The predicted molar refractivity (Wildman–Crippen MR) is 103 cm³/mol. The monoisotopic (exact) mass is 385 g/mol. The van der Waals surface area contributed by atoms with Gasteiger partial charge in [-0.2, -0.15) is 5.10 Å². The fourth-order valence-electron chi connectivity index (χ4n) is 3.73. The third-order valence-corrected chi connectivity index (χ3v) is 5.03. The first-order chi connectivity index (χ1) is 13.5. The third kappa shape index (κ3) is 4.39. The first-order valence-corrected chi connectivity index (χ1v) is 9.50. The molecular formula is C20H27N5O3. The van der Waals surface area contributed by atoms with Crippen LogP contribution in [-0.4, -0.2) is 58.3 Å². The summed E-state index contributed by atoms with van der Waals surface area (Å²) in [4.78, 5) is 31.5. The van der Waals surface area contributed by atoms with Crippen LogP contribution in [0.4, 0.5) is 0 Å².